The van der Waals surface area contributed by atoms with E-state index in [0.29, 0.717) is 39.6 Å². The highest BCUT2D eigenvalue weighted by atomic mass is 35.5. The van der Waals surface area contributed by atoms with Gasteiger partial charge in [-0.05, 0) is 42.9 Å². The Balaban J connectivity index is 2.17. The van der Waals surface area contributed by atoms with Gasteiger partial charge in [0.2, 0.25) is 0 Å². The number of carbonyl (C=O) groups excluding carboxylic acids is 1. The highest BCUT2D eigenvalue weighted by Crippen LogP contribution is 2.46. The van der Waals surface area contributed by atoms with E-state index in [1.54, 1.807) is 12.1 Å². The lowest BCUT2D eigenvalue weighted by Gasteiger charge is -2.36. The quantitative estimate of drug-likeness (QED) is 0.671. The Kier molecular flexibility index (Phi) is 4.95. The third kappa shape index (κ3) is 3.21. The minimum Gasteiger partial charge on any atom is -0.372 e. The fourth-order valence-electron chi connectivity index (χ4n) is 3.72. The van der Waals surface area contributed by atoms with Gasteiger partial charge in [-0.25, -0.2) is 4.85 Å². The van der Waals surface area contributed by atoms with Crippen molar-refractivity contribution in [3.63, 3.8) is 0 Å². The Morgan fingerprint density at radius 1 is 1.28 bits per heavy atom. The van der Waals surface area contributed by atoms with E-state index < -0.39 is 5.92 Å². The number of benzene rings is 1. The smallest absolute Gasteiger partial charge is 0.195 e. The van der Waals surface area contributed by atoms with Crippen LogP contribution in [0.15, 0.2) is 40.9 Å². The topological polar surface area (TPSA) is 33.5 Å². The number of hydrogen-bond acceptors (Lipinski definition) is 2. The molecular weight excluding hydrogens is 355 g/mol. The maximum Gasteiger partial charge on any atom is 0.195 e. The van der Waals surface area contributed by atoms with Crippen molar-refractivity contribution in [1.29, 1.82) is 0 Å². The standard InChI is InChI=1S/C20H20Cl2N2O/c1-10(2)12-7-16-19(17(25)8-12)18(20(23-4)11(3)24-16)14-6-5-13(21)9-15(14)22/h5-6,9-10,12,18,24H,7-8H2,1-3H3. The molecule has 2 unspecified atom stereocenters. The number of dihydropyridines is 1. The maximum atomic E-state index is 13.0. The van der Waals surface area contributed by atoms with Gasteiger partial charge in [-0.1, -0.05) is 43.1 Å². The van der Waals surface area contributed by atoms with Crippen molar-refractivity contribution in [2.75, 3.05) is 0 Å². The molecule has 0 aromatic heterocycles. The lowest BCUT2D eigenvalue weighted by molar-refractivity contribution is -0.117. The first-order valence-corrected chi connectivity index (χ1v) is 9.15. The molecule has 25 heavy (non-hydrogen) atoms. The maximum absolute atomic E-state index is 13.0. The molecule has 5 heteroatoms. The van der Waals surface area contributed by atoms with Gasteiger partial charge < -0.3 is 5.32 Å². The Hall–Kier alpha value is -1.76. The van der Waals surface area contributed by atoms with E-state index >= 15 is 0 Å². The number of ketones is 1. The number of halogens is 2. The van der Waals surface area contributed by atoms with Gasteiger partial charge in [-0.2, -0.15) is 0 Å². The molecule has 0 spiro atoms. The van der Waals surface area contributed by atoms with Gasteiger partial charge in [0, 0.05) is 33.4 Å². The number of allylic oxidation sites excluding steroid dienone is 3. The molecule has 130 valence electrons. The zero-order valence-electron chi connectivity index (χ0n) is 14.5. The van der Waals surface area contributed by atoms with Crippen molar-refractivity contribution >= 4 is 29.0 Å². The Morgan fingerprint density at radius 2 is 2.00 bits per heavy atom. The number of rotatable bonds is 2. The molecule has 0 saturated carbocycles. The third-order valence-corrected chi connectivity index (χ3v) is 5.72. The molecule has 2 aliphatic rings. The summed E-state index contributed by atoms with van der Waals surface area (Å²) in [6.07, 6.45) is 1.34. The van der Waals surface area contributed by atoms with E-state index in [1.807, 2.05) is 13.0 Å². The van der Waals surface area contributed by atoms with Crippen molar-refractivity contribution in [1.82, 2.24) is 5.32 Å². The van der Waals surface area contributed by atoms with Crippen molar-refractivity contribution in [2.45, 2.75) is 39.5 Å². The molecule has 1 aromatic carbocycles. The van der Waals surface area contributed by atoms with Crippen LogP contribution in [0, 0.1) is 18.4 Å². The van der Waals surface area contributed by atoms with Gasteiger partial charge in [0.05, 0.1) is 12.5 Å². The van der Waals surface area contributed by atoms with Crippen molar-refractivity contribution in [3.8, 4) is 0 Å². The van der Waals surface area contributed by atoms with Gasteiger partial charge in [-0.15, -0.1) is 0 Å². The number of carbonyl (C=O) groups is 1. The Morgan fingerprint density at radius 3 is 2.60 bits per heavy atom. The highest BCUT2D eigenvalue weighted by molar-refractivity contribution is 6.35. The first-order chi connectivity index (χ1) is 11.8. The third-order valence-electron chi connectivity index (χ3n) is 5.16. The summed E-state index contributed by atoms with van der Waals surface area (Å²) in [6, 6.07) is 5.25. The molecule has 3 nitrogen and oxygen atoms in total. The summed E-state index contributed by atoms with van der Waals surface area (Å²) >= 11 is 12.5. The van der Waals surface area contributed by atoms with Crippen LogP contribution in [0.3, 0.4) is 0 Å². The Bertz CT molecular complexity index is 846. The fraction of sp³-hybridized carbons (Fsp3) is 0.400. The van der Waals surface area contributed by atoms with Gasteiger partial charge in [-0.3, -0.25) is 4.79 Å². The first kappa shape index (κ1) is 18.0. The number of hydrogen-bond donors (Lipinski definition) is 1. The van der Waals surface area contributed by atoms with Crippen molar-refractivity contribution < 1.29 is 4.79 Å². The molecule has 0 radical (unpaired) electrons. The molecule has 1 aliphatic heterocycles. The average molecular weight is 375 g/mol. The monoisotopic (exact) mass is 374 g/mol. The van der Waals surface area contributed by atoms with Gasteiger partial charge in [0.15, 0.2) is 11.5 Å². The predicted octanol–water partition coefficient (Wildman–Crippen LogP) is 5.72. The summed E-state index contributed by atoms with van der Waals surface area (Å²) in [4.78, 5) is 16.7. The first-order valence-electron chi connectivity index (χ1n) is 8.39. The molecule has 0 fully saturated rings. The summed E-state index contributed by atoms with van der Waals surface area (Å²) in [5, 5.41) is 4.34. The van der Waals surface area contributed by atoms with E-state index in [1.165, 1.54) is 0 Å². The fourth-order valence-corrected chi connectivity index (χ4v) is 4.23. The predicted molar refractivity (Wildman–Crippen MR) is 101 cm³/mol. The molecular formula is C20H20Cl2N2O. The van der Waals surface area contributed by atoms with Crippen LogP contribution < -0.4 is 5.32 Å². The molecule has 2 atom stereocenters. The van der Waals surface area contributed by atoms with Gasteiger partial charge >= 0.3 is 0 Å². The minimum atomic E-state index is -0.417. The molecule has 1 aliphatic carbocycles. The summed E-state index contributed by atoms with van der Waals surface area (Å²) in [5.41, 5.74) is 3.72. The second-order valence-electron chi connectivity index (χ2n) is 7.07. The van der Waals surface area contributed by atoms with Gasteiger partial charge in [0.25, 0.3) is 0 Å². The summed E-state index contributed by atoms with van der Waals surface area (Å²) in [7, 11) is 0. The zero-order valence-corrected chi connectivity index (χ0v) is 16.0. The zero-order chi connectivity index (χ0) is 18.3. The normalized spacial score (nSPS) is 23.5. The second kappa shape index (κ2) is 6.86. The highest BCUT2D eigenvalue weighted by Gasteiger charge is 2.40. The lowest BCUT2D eigenvalue weighted by Crippen LogP contribution is -2.35. The second-order valence-corrected chi connectivity index (χ2v) is 7.92. The minimum absolute atomic E-state index is 0.108. The van der Waals surface area contributed by atoms with E-state index in [4.69, 9.17) is 29.8 Å². The van der Waals surface area contributed by atoms with Crippen molar-refractivity contribution in [2.24, 2.45) is 11.8 Å². The molecule has 0 bridgehead atoms. The average Bonchev–Trinajstić information content (AvgIpc) is 2.53. The van der Waals surface area contributed by atoms with Gasteiger partial charge in [0.1, 0.15) is 0 Å². The lowest BCUT2D eigenvalue weighted by atomic mass is 9.72. The number of nitrogens with zero attached hydrogens (tertiary/aromatic N) is 1. The van der Waals surface area contributed by atoms with Crippen molar-refractivity contribution in [3.05, 3.63) is 67.9 Å². The molecule has 1 N–H and O–H groups in total. The van der Waals surface area contributed by atoms with E-state index in [-0.39, 0.29) is 5.78 Å². The summed E-state index contributed by atoms with van der Waals surface area (Å²) in [5.74, 6) is 0.447. The molecule has 1 heterocycles. The van der Waals surface area contributed by atoms with E-state index in [2.05, 4.69) is 24.0 Å². The van der Waals surface area contributed by atoms with E-state index in [9.17, 15) is 4.79 Å². The summed E-state index contributed by atoms with van der Waals surface area (Å²) < 4.78 is 0. The van der Waals surface area contributed by atoms with Crippen LogP contribution in [-0.4, -0.2) is 5.78 Å². The molecule has 0 amide bonds. The molecule has 1 aromatic rings. The SMILES string of the molecule is [C-]#[N+]C1=C(C)NC2=C(C(=O)CC(C(C)C)C2)C1c1ccc(Cl)cc1Cl. The van der Waals surface area contributed by atoms with Crippen LogP contribution in [0.1, 0.15) is 45.1 Å². The van der Waals surface area contributed by atoms with E-state index in [0.717, 1.165) is 23.4 Å². The summed E-state index contributed by atoms with van der Waals surface area (Å²) in [6.45, 7) is 13.8. The largest absolute Gasteiger partial charge is 0.372 e. The number of Topliss-reactive ketones (excluding diaryl/α,β-unsaturated/α-hetero) is 1. The van der Waals surface area contributed by atoms with Crippen LogP contribution in [0.4, 0.5) is 0 Å². The number of nitrogens with one attached hydrogen (secondary N) is 1. The van der Waals surface area contributed by atoms with Crippen LogP contribution in [0.25, 0.3) is 4.85 Å². The van der Waals surface area contributed by atoms with Crippen LogP contribution >= 0.6 is 23.2 Å². The Labute approximate surface area is 158 Å². The van der Waals surface area contributed by atoms with Crippen LogP contribution in [-0.2, 0) is 4.79 Å². The molecule has 3 rings (SSSR count). The van der Waals surface area contributed by atoms with Crippen LogP contribution in [0.2, 0.25) is 10.0 Å². The molecule has 0 saturated heterocycles. The van der Waals surface area contributed by atoms with Crippen LogP contribution in [0.5, 0.6) is 0 Å².